The molecule has 0 spiro atoms. The Morgan fingerprint density at radius 1 is 1.15 bits per heavy atom. The first kappa shape index (κ1) is 16.1. The van der Waals surface area contributed by atoms with E-state index < -0.39 is 0 Å². The molecule has 2 aromatic carbocycles. The fourth-order valence-corrected chi connectivity index (χ4v) is 3.35. The maximum atomic E-state index is 13.0. The van der Waals surface area contributed by atoms with E-state index in [9.17, 15) is 4.79 Å². The van der Waals surface area contributed by atoms with E-state index in [1.807, 2.05) is 60.7 Å². The summed E-state index contributed by atoms with van der Waals surface area (Å²) in [5, 5.41) is 12.9. The number of para-hydroxylation sites is 1. The summed E-state index contributed by atoms with van der Waals surface area (Å²) in [7, 11) is 0. The molecule has 128 valence electrons. The minimum absolute atomic E-state index is 0.00532. The second kappa shape index (κ2) is 6.85. The van der Waals surface area contributed by atoms with Crippen LogP contribution in [0, 0.1) is 11.5 Å². The Labute approximate surface area is 151 Å². The van der Waals surface area contributed by atoms with Crippen LogP contribution in [0.25, 0.3) is 22.2 Å². The summed E-state index contributed by atoms with van der Waals surface area (Å²) in [5.74, 6) is -0.120. The number of hydrogen-bond donors (Lipinski definition) is 1. The quantitative estimate of drug-likeness (QED) is 0.742. The zero-order valence-corrected chi connectivity index (χ0v) is 14.2. The molecule has 1 N–H and O–H groups in total. The van der Waals surface area contributed by atoms with Crippen molar-refractivity contribution < 1.29 is 4.79 Å². The molecule has 1 atom stereocenters. The SMILES string of the molecule is N#CN1CCC(NC(=O)c2cc(-c3ccccc3)nc3ccccc23)C1. The molecule has 5 nitrogen and oxygen atoms in total. The third kappa shape index (κ3) is 3.09. The van der Waals surface area contributed by atoms with E-state index in [4.69, 9.17) is 10.2 Å². The van der Waals surface area contributed by atoms with E-state index >= 15 is 0 Å². The van der Waals surface area contributed by atoms with Crippen molar-refractivity contribution in [2.45, 2.75) is 12.5 Å². The molecule has 1 saturated heterocycles. The van der Waals surface area contributed by atoms with Crippen LogP contribution in [0.2, 0.25) is 0 Å². The minimum atomic E-state index is -0.120. The van der Waals surface area contributed by atoms with Gasteiger partial charge in [0.25, 0.3) is 5.91 Å². The van der Waals surface area contributed by atoms with Crippen molar-refractivity contribution in [3.8, 4) is 17.5 Å². The van der Waals surface area contributed by atoms with Gasteiger partial charge in [0.1, 0.15) is 0 Å². The van der Waals surface area contributed by atoms with Gasteiger partial charge in [0.15, 0.2) is 6.19 Å². The van der Waals surface area contributed by atoms with Crippen molar-refractivity contribution in [2.24, 2.45) is 0 Å². The zero-order chi connectivity index (χ0) is 17.9. The number of rotatable bonds is 3. The normalized spacial score (nSPS) is 16.4. The molecule has 0 saturated carbocycles. The van der Waals surface area contributed by atoms with Crippen LogP contribution in [0.5, 0.6) is 0 Å². The highest BCUT2D eigenvalue weighted by Gasteiger charge is 2.24. The van der Waals surface area contributed by atoms with Crippen molar-refractivity contribution in [1.29, 1.82) is 5.26 Å². The molecule has 5 heteroatoms. The number of fused-ring (bicyclic) bond motifs is 1. The van der Waals surface area contributed by atoms with Crippen molar-refractivity contribution in [3.05, 3.63) is 66.2 Å². The molecule has 4 rings (SSSR count). The second-order valence-corrected chi connectivity index (χ2v) is 6.44. The number of carbonyl (C=O) groups excluding carboxylic acids is 1. The van der Waals surface area contributed by atoms with Gasteiger partial charge in [-0.2, -0.15) is 5.26 Å². The van der Waals surface area contributed by atoms with Crippen molar-refractivity contribution in [2.75, 3.05) is 13.1 Å². The number of likely N-dealkylation sites (tertiary alicyclic amines) is 1. The number of aromatic nitrogens is 1. The standard InChI is InChI=1S/C21H18N4O/c22-14-25-11-10-16(13-25)23-21(26)18-12-20(15-6-2-1-3-7-15)24-19-9-5-4-8-17(18)19/h1-9,12,16H,10-11,13H2,(H,23,26). The van der Waals surface area contributed by atoms with E-state index in [-0.39, 0.29) is 11.9 Å². The highest BCUT2D eigenvalue weighted by molar-refractivity contribution is 6.07. The van der Waals surface area contributed by atoms with Gasteiger partial charge in [-0.05, 0) is 18.6 Å². The fraction of sp³-hybridized carbons (Fsp3) is 0.190. The topological polar surface area (TPSA) is 69.0 Å². The Hall–Kier alpha value is -3.39. The Morgan fingerprint density at radius 2 is 1.92 bits per heavy atom. The average molecular weight is 342 g/mol. The van der Waals surface area contributed by atoms with Crippen LogP contribution < -0.4 is 5.32 Å². The van der Waals surface area contributed by atoms with E-state index in [0.717, 1.165) is 28.6 Å². The lowest BCUT2D eigenvalue weighted by molar-refractivity contribution is 0.0940. The maximum Gasteiger partial charge on any atom is 0.252 e. The van der Waals surface area contributed by atoms with Gasteiger partial charge in [0, 0.05) is 30.1 Å². The summed E-state index contributed by atoms with van der Waals surface area (Å²) in [6.45, 7) is 1.25. The Kier molecular flexibility index (Phi) is 4.24. The maximum absolute atomic E-state index is 13.0. The first-order chi connectivity index (χ1) is 12.7. The van der Waals surface area contributed by atoms with Gasteiger partial charge in [-0.3, -0.25) is 4.79 Å². The monoisotopic (exact) mass is 342 g/mol. The van der Waals surface area contributed by atoms with Crippen LogP contribution >= 0.6 is 0 Å². The predicted molar refractivity (Wildman–Crippen MR) is 100 cm³/mol. The van der Waals surface area contributed by atoms with E-state index in [0.29, 0.717) is 18.7 Å². The van der Waals surface area contributed by atoms with Crippen LogP contribution in [-0.2, 0) is 0 Å². The molecule has 2 heterocycles. The van der Waals surface area contributed by atoms with Crippen molar-refractivity contribution in [1.82, 2.24) is 15.2 Å². The minimum Gasteiger partial charge on any atom is -0.347 e. The molecule has 0 bridgehead atoms. The van der Waals surface area contributed by atoms with Crippen molar-refractivity contribution >= 4 is 16.8 Å². The van der Waals surface area contributed by atoms with Gasteiger partial charge in [-0.1, -0.05) is 48.5 Å². The molecule has 3 aromatic rings. The van der Waals surface area contributed by atoms with Gasteiger partial charge >= 0.3 is 0 Å². The number of nitrogens with one attached hydrogen (secondary N) is 1. The van der Waals surface area contributed by atoms with Gasteiger partial charge < -0.3 is 10.2 Å². The molecule has 1 unspecified atom stereocenters. The lowest BCUT2D eigenvalue weighted by atomic mass is 10.0. The molecular formula is C21H18N4O. The number of amides is 1. The largest absolute Gasteiger partial charge is 0.347 e. The molecule has 1 fully saturated rings. The number of carbonyl (C=O) groups is 1. The van der Waals surface area contributed by atoms with Crippen LogP contribution in [-0.4, -0.2) is 34.9 Å². The number of nitriles is 1. The zero-order valence-electron chi connectivity index (χ0n) is 14.2. The first-order valence-electron chi connectivity index (χ1n) is 8.65. The third-order valence-electron chi connectivity index (χ3n) is 4.70. The van der Waals surface area contributed by atoms with E-state index in [1.165, 1.54) is 0 Å². The second-order valence-electron chi connectivity index (χ2n) is 6.44. The molecule has 0 radical (unpaired) electrons. The van der Waals surface area contributed by atoms with Crippen molar-refractivity contribution in [3.63, 3.8) is 0 Å². The number of hydrogen-bond acceptors (Lipinski definition) is 4. The van der Waals surface area contributed by atoms with Crippen LogP contribution in [0.4, 0.5) is 0 Å². The molecule has 0 aliphatic carbocycles. The number of pyridine rings is 1. The van der Waals surface area contributed by atoms with Gasteiger partial charge in [-0.15, -0.1) is 0 Å². The summed E-state index contributed by atoms with van der Waals surface area (Å²) >= 11 is 0. The van der Waals surface area contributed by atoms with Gasteiger partial charge in [0.2, 0.25) is 0 Å². The molecule has 1 amide bonds. The Morgan fingerprint density at radius 3 is 2.69 bits per heavy atom. The summed E-state index contributed by atoms with van der Waals surface area (Å²) in [4.78, 5) is 19.3. The number of nitrogens with zero attached hydrogens (tertiary/aromatic N) is 3. The highest BCUT2D eigenvalue weighted by Crippen LogP contribution is 2.25. The highest BCUT2D eigenvalue weighted by atomic mass is 16.1. The summed E-state index contributed by atoms with van der Waals surface area (Å²) in [5.41, 5.74) is 3.16. The Bertz CT molecular complexity index is 994. The fourth-order valence-electron chi connectivity index (χ4n) is 3.35. The van der Waals surface area contributed by atoms with Gasteiger partial charge in [0.05, 0.1) is 16.8 Å². The number of benzene rings is 2. The summed E-state index contributed by atoms with van der Waals surface area (Å²) < 4.78 is 0. The predicted octanol–water partition coefficient (Wildman–Crippen LogP) is 3.19. The van der Waals surface area contributed by atoms with Crippen LogP contribution in [0.15, 0.2) is 60.7 Å². The lowest BCUT2D eigenvalue weighted by Gasteiger charge is -2.14. The smallest absolute Gasteiger partial charge is 0.252 e. The summed E-state index contributed by atoms with van der Waals surface area (Å²) in [6.07, 6.45) is 2.92. The lowest BCUT2D eigenvalue weighted by Crippen LogP contribution is -2.36. The van der Waals surface area contributed by atoms with Gasteiger partial charge in [-0.25, -0.2) is 4.98 Å². The van der Waals surface area contributed by atoms with E-state index in [1.54, 1.807) is 4.90 Å². The molecule has 1 aromatic heterocycles. The molecule has 1 aliphatic rings. The van der Waals surface area contributed by atoms with Crippen LogP contribution in [0.3, 0.4) is 0 Å². The van der Waals surface area contributed by atoms with E-state index in [2.05, 4.69) is 11.5 Å². The summed E-state index contributed by atoms with van der Waals surface area (Å²) in [6, 6.07) is 19.4. The average Bonchev–Trinajstić information content (AvgIpc) is 3.15. The Balaban J connectivity index is 1.71. The molecule has 26 heavy (non-hydrogen) atoms. The van der Waals surface area contributed by atoms with Crippen LogP contribution in [0.1, 0.15) is 16.8 Å². The molecular weight excluding hydrogens is 324 g/mol. The molecule has 1 aliphatic heterocycles. The third-order valence-corrected chi connectivity index (χ3v) is 4.70. The first-order valence-corrected chi connectivity index (χ1v) is 8.65.